The van der Waals surface area contributed by atoms with Gasteiger partial charge in [0.05, 0.1) is 29.2 Å². The molecule has 0 amide bonds. The van der Waals surface area contributed by atoms with Crippen LogP contribution >= 0.6 is 0 Å². The van der Waals surface area contributed by atoms with Crippen LogP contribution in [0.2, 0.25) is 0 Å². The predicted molar refractivity (Wildman–Crippen MR) is 92.5 cm³/mol. The van der Waals surface area contributed by atoms with Crippen LogP contribution < -0.4 is 9.64 Å². The van der Waals surface area contributed by atoms with Crippen molar-refractivity contribution in [2.24, 2.45) is 0 Å². The first-order valence-corrected chi connectivity index (χ1v) is 7.28. The number of methoxy groups -OCH3 is 1. The minimum Gasteiger partial charge on any atom is -0.496 e. The Morgan fingerprint density at radius 1 is 1.12 bits per heavy atom. The average molecular weight is 324 g/mol. The molecule has 1 aromatic heterocycles. The summed E-state index contributed by atoms with van der Waals surface area (Å²) < 4.78 is 5.30. The summed E-state index contributed by atoms with van der Waals surface area (Å²) in [5, 5.41) is 11.9. The van der Waals surface area contributed by atoms with Crippen molar-refractivity contribution < 1.29 is 9.66 Å². The molecule has 1 heterocycles. The Bertz CT molecular complexity index is 925. The molecule has 0 atom stereocenters. The van der Waals surface area contributed by atoms with Crippen LogP contribution in [0.3, 0.4) is 0 Å². The Labute approximate surface area is 138 Å². The van der Waals surface area contributed by atoms with Gasteiger partial charge in [0, 0.05) is 25.5 Å². The van der Waals surface area contributed by atoms with Gasteiger partial charge in [0.15, 0.2) is 5.82 Å². The Hall–Kier alpha value is -3.22. The predicted octanol–water partition coefficient (Wildman–Crippen LogP) is 3.28. The van der Waals surface area contributed by atoms with E-state index in [-0.39, 0.29) is 5.69 Å². The highest BCUT2D eigenvalue weighted by Crippen LogP contribution is 2.33. The number of ether oxygens (including phenoxy) is 1. The zero-order valence-corrected chi connectivity index (χ0v) is 13.6. The van der Waals surface area contributed by atoms with Gasteiger partial charge in [0.1, 0.15) is 11.6 Å². The third-order valence-electron chi connectivity index (χ3n) is 3.64. The lowest BCUT2D eigenvalue weighted by molar-refractivity contribution is -0.384. The molecule has 24 heavy (non-hydrogen) atoms. The fourth-order valence-corrected chi connectivity index (χ4v) is 2.50. The molecule has 0 saturated carbocycles. The molecule has 0 aliphatic rings. The maximum Gasteiger partial charge on any atom is 0.273 e. The number of para-hydroxylation sites is 1. The first-order chi connectivity index (χ1) is 11.5. The number of nitro groups is 1. The zero-order chi connectivity index (χ0) is 17.3. The van der Waals surface area contributed by atoms with E-state index in [0.29, 0.717) is 17.1 Å². The highest BCUT2D eigenvalue weighted by atomic mass is 16.6. The number of benzene rings is 2. The summed E-state index contributed by atoms with van der Waals surface area (Å²) in [5.41, 5.74) is 1.37. The number of hydrogen-bond acceptors (Lipinski definition) is 6. The molecule has 2 aromatic carbocycles. The number of rotatable bonds is 4. The van der Waals surface area contributed by atoms with E-state index in [9.17, 15) is 10.1 Å². The average Bonchev–Trinajstić information content (AvgIpc) is 2.59. The maximum absolute atomic E-state index is 10.9. The van der Waals surface area contributed by atoms with Crippen molar-refractivity contribution in [2.75, 3.05) is 26.1 Å². The minimum atomic E-state index is -0.460. The van der Waals surface area contributed by atoms with Gasteiger partial charge in [0.25, 0.3) is 5.69 Å². The topological polar surface area (TPSA) is 81.4 Å². The molecule has 7 heteroatoms. The fraction of sp³-hybridized carbons (Fsp3) is 0.176. The monoisotopic (exact) mass is 324 g/mol. The van der Waals surface area contributed by atoms with Crippen molar-refractivity contribution in [1.29, 1.82) is 0 Å². The molecule has 0 unspecified atom stereocenters. The van der Waals surface area contributed by atoms with Crippen LogP contribution in [-0.4, -0.2) is 36.1 Å². The standard InChI is InChI=1S/C17H16N4O3/c1-20(2)17-12-6-4-5-7-14(12)18-16(19-17)13-9-8-11(21(22)23)10-15(13)24-3/h4-10H,1-3H3. The van der Waals surface area contributed by atoms with E-state index in [1.165, 1.54) is 19.2 Å². The number of fused-ring (bicyclic) bond motifs is 1. The van der Waals surface area contributed by atoms with Crippen LogP contribution in [0, 0.1) is 10.1 Å². The molecule has 3 rings (SSSR count). The summed E-state index contributed by atoms with van der Waals surface area (Å²) in [7, 11) is 5.29. The van der Waals surface area contributed by atoms with E-state index in [1.54, 1.807) is 6.07 Å². The van der Waals surface area contributed by atoms with E-state index in [0.717, 1.165) is 16.7 Å². The molecule has 0 fully saturated rings. The number of nitro benzene ring substituents is 1. The lowest BCUT2D eigenvalue weighted by atomic mass is 10.1. The van der Waals surface area contributed by atoms with Crippen LogP contribution in [0.4, 0.5) is 11.5 Å². The second-order valence-corrected chi connectivity index (χ2v) is 5.42. The quantitative estimate of drug-likeness (QED) is 0.541. The smallest absolute Gasteiger partial charge is 0.273 e. The third kappa shape index (κ3) is 2.71. The maximum atomic E-state index is 10.9. The molecule has 7 nitrogen and oxygen atoms in total. The Morgan fingerprint density at radius 3 is 2.54 bits per heavy atom. The van der Waals surface area contributed by atoms with Gasteiger partial charge in [0.2, 0.25) is 0 Å². The normalized spacial score (nSPS) is 10.6. The number of hydrogen-bond donors (Lipinski definition) is 0. The van der Waals surface area contributed by atoms with Gasteiger partial charge in [-0.25, -0.2) is 9.97 Å². The molecule has 0 radical (unpaired) electrons. The summed E-state index contributed by atoms with van der Waals surface area (Å²) in [4.78, 5) is 21.6. The summed E-state index contributed by atoms with van der Waals surface area (Å²) in [6.45, 7) is 0. The van der Waals surface area contributed by atoms with Gasteiger partial charge in [-0.3, -0.25) is 10.1 Å². The second kappa shape index (κ2) is 6.11. The Kier molecular flexibility index (Phi) is 3.99. The van der Waals surface area contributed by atoms with Crippen LogP contribution in [0.25, 0.3) is 22.3 Å². The first-order valence-electron chi connectivity index (χ1n) is 7.28. The molecular formula is C17H16N4O3. The van der Waals surface area contributed by atoms with Crippen molar-refractivity contribution in [3.05, 3.63) is 52.6 Å². The fourth-order valence-electron chi connectivity index (χ4n) is 2.50. The molecule has 0 bridgehead atoms. The van der Waals surface area contributed by atoms with Crippen LogP contribution in [0.15, 0.2) is 42.5 Å². The largest absolute Gasteiger partial charge is 0.496 e. The Balaban J connectivity index is 2.24. The zero-order valence-electron chi connectivity index (χ0n) is 13.6. The van der Waals surface area contributed by atoms with Gasteiger partial charge in [-0.15, -0.1) is 0 Å². The van der Waals surface area contributed by atoms with E-state index in [1.807, 2.05) is 43.3 Å². The van der Waals surface area contributed by atoms with Crippen LogP contribution in [-0.2, 0) is 0 Å². The highest BCUT2D eigenvalue weighted by molar-refractivity contribution is 5.91. The molecule has 0 spiro atoms. The van der Waals surface area contributed by atoms with E-state index in [2.05, 4.69) is 9.97 Å². The number of nitrogens with zero attached hydrogens (tertiary/aromatic N) is 4. The molecule has 122 valence electrons. The van der Waals surface area contributed by atoms with Crippen molar-refractivity contribution in [1.82, 2.24) is 9.97 Å². The molecule has 3 aromatic rings. The number of non-ortho nitro benzene ring substituents is 1. The molecule has 0 saturated heterocycles. The Morgan fingerprint density at radius 2 is 1.88 bits per heavy atom. The van der Waals surface area contributed by atoms with Crippen LogP contribution in [0.1, 0.15) is 0 Å². The number of aromatic nitrogens is 2. The lowest BCUT2D eigenvalue weighted by Crippen LogP contribution is -2.12. The molecule has 0 aliphatic heterocycles. The van der Waals surface area contributed by atoms with Crippen molar-refractivity contribution in [3.8, 4) is 17.1 Å². The third-order valence-corrected chi connectivity index (χ3v) is 3.64. The summed E-state index contributed by atoms with van der Waals surface area (Å²) in [6.07, 6.45) is 0. The van der Waals surface area contributed by atoms with Crippen molar-refractivity contribution in [2.45, 2.75) is 0 Å². The number of anilines is 1. The van der Waals surface area contributed by atoms with Gasteiger partial charge in [-0.2, -0.15) is 0 Å². The van der Waals surface area contributed by atoms with E-state index >= 15 is 0 Å². The molecule has 0 aliphatic carbocycles. The van der Waals surface area contributed by atoms with Gasteiger partial charge in [-0.05, 0) is 18.2 Å². The van der Waals surface area contributed by atoms with Crippen molar-refractivity contribution >= 4 is 22.4 Å². The van der Waals surface area contributed by atoms with Gasteiger partial charge < -0.3 is 9.64 Å². The van der Waals surface area contributed by atoms with Gasteiger partial charge in [-0.1, -0.05) is 12.1 Å². The van der Waals surface area contributed by atoms with Gasteiger partial charge >= 0.3 is 0 Å². The SMILES string of the molecule is COc1cc([N+](=O)[O-])ccc1-c1nc(N(C)C)c2ccccc2n1. The van der Waals surface area contributed by atoms with Crippen LogP contribution in [0.5, 0.6) is 5.75 Å². The van der Waals surface area contributed by atoms with E-state index in [4.69, 9.17) is 4.74 Å². The minimum absolute atomic E-state index is 0.0378. The molecular weight excluding hydrogens is 308 g/mol. The highest BCUT2D eigenvalue weighted by Gasteiger charge is 2.17. The molecule has 0 N–H and O–H groups in total. The second-order valence-electron chi connectivity index (χ2n) is 5.42. The summed E-state index contributed by atoms with van der Waals surface area (Å²) >= 11 is 0. The summed E-state index contributed by atoms with van der Waals surface area (Å²) in [5.74, 6) is 1.60. The van der Waals surface area contributed by atoms with Crippen molar-refractivity contribution in [3.63, 3.8) is 0 Å². The summed E-state index contributed by atoms with van der Waals surface area (Å²) in [6, 6.07) is 12.1. The lowest BCUT2D eigenvalue weighted by Gasteiger charge is -2.16. The van der Waals surface area contributed by atoms with E-state index < -0.39 is 4.92 Å². The first kappa shape index (κ1) is 15.7.